The van der Waals surface area contributed by atoms with Gasteiger partial charge in [0, 0.05) is 18.7 Å². The number of aromatic amines is 1. The maximum absolute atomic E-state index is 11.2. The van der Waals surface area contributed by atoms with Gasteiger partial charge in [0.25, 0.3) is 0 Å². The zero-order valence-electron chi connectivity index (χ0n) is 7.58. The molecule has 0 aliphatic rings. The maximum atomic E-state index is 11.2. The molecule has 0 bridgehead atoms. The molecule has 0 saturated heterocycles. The normalized spacial score (nSPS) is 12.5. The maximum Gasteiger partial charge on any atom is 0.226 e. The van der Waals surface area contributed by atoms with Gasteiger partial charge in [0.1, 0.15) is 0 Å². The van der Waals surface area contributed by atoms with E-state index in [9.17, 15) is 4.79 Å². The van der Waals surface area contributed by atoms with Gasteiger partial charge in [-0.15, -0.1) is 0 Å². The molecule has 0 saturated carbocycles. The number of nitrogens with one attached hydrogen (secondary N) is 2. The van der Waals surface area contributed by atoms with Gasteiger partial charge < -0.3 is 11.1 Å². The summed E-state index contributed by atoms with van der Waals surface area (Å²) in [4.78, 5) is 11.2. The molecule has 0 aliphatic heterocycles. The molecule has 1 rings (SSSR count). The van der Waals surface area contributed by atoms with Crippen LogP contribution in [0.15, 0.2) is 12.4 Å². The van der Waals surface area contributed by atoms with E-state index in [-0.39, 0.29) is 11.9 Å². The standard InChI is InChI=1S/C8H14N4O/c1-2-6(9)3-8(13)12-7-4-10-11-5-7/h4-6H,2-3,9H2,1H3,(H,10,11)(H,12,13). The van der Waals surface area contributed by atoms with Crippen molar-refractivity contribution in [2.75, 3.05) is 5.32 Å². The Balaban J connectivity index is 2.34. The minimum atomic E-state index is -0.0734. The van der Waals surface area contributed by atoms with Crippen LogP contribution in [0.2, 0.25) is 0 Å². The van der Waals surface area contributed by atoms with Gasteiger partial charge in [-0.05, 0) is 6.42 Å². The summed E-state index contributed by atoms with van der Waals surface area (Å²) in [5.74, 6) is -0.0734. The molecular weight excluding hydrogens is 168 g/mol. The van der Waals surface area contributed by atoms with E-state index >= 15 is 0 Å². The molecule has 0 fully saturated rings. The summed E-state index contributed by atoms with van der Waals surface area (Å²) < 4.78 is 0. The first-order chi connectivity index (χ1) is 6.22. The third-order valence-electron chi connectivity index (χ3n) is 1.75. The SMILES string of the molecule is CCC(N)CC(=O)Nc1cn[nH]c1. The molecule has 5 heteroatoms. The molecule has 0 aliphatic carbocycles. The van der Waals surface area contributed by atoms with E-state index < -0.39 is 0 Å². The molecular formula is C8H14N4O. The van der Waals surface area contributed by atoms with Crippen molar-refractivity contribution in [3.8, 4) is 0 Å². The quantitative estimate of drug-likeness (QED) is 0.633. The second kappa shape index (κ2) is 4.61. The van der Waals surface area contributed by atoms with Gasteiger partial charge in [0.05, 0.1) is 11.9 Å². The minimum Gasteiger partial charge on any atom is -0.327 e. The largest absolute Gasteiger partial charge is 0.327 e. The average Bonchev–Trinajstić information content (AvgIpc) is 2.56. The number of aromatic nitrogens is 2. The number of H-pyrrole nitrogens is 1. The molecule has 1 heterocycles. The van der Waals surface area contributed by atoms with Gasteiger partial charge in [0.15, 0.2) is 0 Å². The first kappa shape index (κ1) is 9.73. The highest BCUT2D eigenvalue weighted by molar-refractivity contribution is 5.90. The summed E-state index contributed by atoms with van der Waals surface area (Å²) in [5, 5.41) is 8.98. The van der Waals surface area contributed by atoms with Crippen molar-refractivity contribution >= 4 is 11.6 Å². The van der Waals surface area contributed by atoms with Crippen molar-refractivity contribution in [2.24, 2.45) is 5.73 Å². The van der Waals surface area contributed by atoms with Gasteiger partial charge in [-0.1, -0.05) is 6.92 Å². The van der Waals surface area contributed by atoms with Crippen LogP contribution in [-0.4, -0.2) is 22.1 Å². The van der Waals surface area contributed by atoms with Crippen molar-refractivity contribution in [1.82, 2.24) is 10.2 Å². The summed E-state index contributed by atoms with van der Waals surface area (Å²) in [5.41, 5.74) is 6.29. The Morgan fingerprint density at radius 3 is 3.15 bits per heavy atom. The fraction of sp³-hybridized carbons (Fsp3) is 0.500. The van der Waals surface area contributed by atoms with Crippen molar-refractivity contribution in [1.29, 1.82) is 0 Å². The summed E-state index contributed by atoms with van der Waals surface area (Å²) >= 11 is 0. The van der Waals surface area contributed by atoms with Crippen LogP contribution in [0.5, 0.6) is 0 Å². The number of amides is 1. The number of nitrogens with zero attached hydrogens (tertiary/aromatic N) is 1. The van der Waals surface area contributed by atoms with Gasteiger partial charge in [-0.2, -0.15) is 5.10 Å². The molecule has 1 aromatic heterocycles. The van der Waals surface area contributed by atoms with Crippen LogP contribution < -0.4 is 11.1 Å². The van der Waals surface area contributed by atoms with E-state index in [2.05, 4.69) is 15.5 Å². The number of carbonyl (C=O) groups excluding carboxylic acids is 1. The molecule has 4 N–H and O–H groups in total. The lowest BCUT2D eigenvalue weighted by Crippen LogP contribution is -2.26. The highest BCUT2D eigenvalue weighted by Gasteiger charge is 2.07. The van der Waals surface area contributed by atoms with Gasteiger partial charge in [-0.25, -0.2) is 0 Å². The number of carbonyl (C=O) groups is 1. The van der Waals surface area contributed by atoms with E-state index in [1.165, 1.54) is 0 Å². The second-order valence-corrected chi connectivity index (χ2v) is 2.91. The van der Waals surface area contributed by atoms with Crippen LogP contribution in [0.1, 0.15) is 19.8 Å². The molecule has 1 amide bonds. The van der Waals surface area contributed by atoms with E-state index in [1.807, 2.05) is 6.92 Å². The molecule has 1 unspecified atom stereocenters. The van der Waals surface area contributed by atoms with Crippen LogP contribution in [0, 0.1) is 0 Å². The number of rotatable bonds is 4. The Kier molecular flexibility index (Phi) is 3.45. The summed E-state index contributed by atoms with van der Waals surface area (Å²) in [6, 6.07) is -0.0631. The Hall–Kier alpha value is -1.36. The number of nitrogens with two attached hydrogens (primary N) is 1. The fourth-order valence-corrected chi connectivity index (χ4v) is 0.914. The first-order valence-electron chi connectivity index (χ1n) is 4.26. The molecule has 5 nitrogen and oxygen atoms in total. The van der Waals surface area contributed by atoms with E-state index in [1.54, 1.807) is 12.4 Å². The average molecular weight is 182 g/mol. The summed E-state index contributed by atoms with van der Waals surface area (Å²) in [6.07, 6.45) is 4.32. The van der Waals surface area contributed by atoms with Crippen LogP contribution in [0.4, 0.5) is 5.69 Å². The predicted molar refractivity (Wildman–Crippen MR) is 50.1 cm³/mol. The van der Waals surface area contributed by atoms with Crippen LogP contribution in [-0.2, 0) is 4.79 Å². The third-order valence-corrected chi connectivity index (χ3v) is 1.75. The van der Waals surface area contributed by atoms with E-state index in [0.717, 1.165) is 6.42 Å². The zero-order chi connectivity index (χ0) is 9.68. The topological polar surface area (TPSA) is 83.8 Å². The molecule has 1 aromatic rings. The zero-order valence-corrected chi connectivity index (χ0v) is 7.58. The van der Waals surface area contributed by atoms with Crippen LogP contribution in [0.25, 0.3) is 0 Å². The predicted octanol–water partition coefficient (Wildman–Crippen LogP) is 0.476. The van der Waals surface area contributed by atoms with Crippen molar-refractivity contribution in [3.63, 3.8) is 0 Å². The molecule has 0 spiro atoms. The van der Waals surface area contributed by atoms with Crippen LogP contribution >= 0.6 is 0 Å². The number of anilines is 1. The fourth-order valence-electron chi connectivity index (χ4n) is 0.914. The van der Waals surface area contributed by atoms with E-state index in [0.29, 0.717) is 12.1 Å². The van der Waals surface area contributed by atoms with Crippen LogP contribution in [0.3, 0.4) is 0 Å². The smallest absolute Gasteiger partial charge is 0.226 e. The second-order valence-electron chi connectivity index (χ2n) is 2.91. The van der Waals surface area contributed by atoms with Gasteiger partial charge in [0.2, 0.25) is 5.91 Å². The molecule has 0 aromatic carbocycles. The molecule has 72 valence electrons. The number of hydrogen-bond acceptors (Lipinski definition) is 3. The highest BCUT2D eigenvalue weighted by Crippen LogP contribution is 2.03. The van der Waals surface area contributed by atoms with Gasteiger partial charge in [-0.3, -0.25) is 9.89 Å². The van der Waals surface area contributed by atoms with Crippen molar-refractivity contribution in [3.05, 3.63) is 12.4 Å². The Bertz CT molecular complexity index is 257. The van der Waals surface area contributed by atoms with Crippen molar-refractivity contribution in [2.45, 2.75) is 25.8 Å². The first-order valence-corrected chi connectivity index (χ1v) is 4.26. The minimum absolute atomic E-state index is 0.0631. The van der Waals surface area contributed by atoms with E-state index in [4.69, 9.17) is 5.73 Å². The molecule has 0 radical (unpaired) electrons. The molecule has 1 atom stereocenters. The lowest BCUT2D eigenvalue weighted by Gasteiger charge is -2.07. The molecule has 13 heavy (non-hydrogen) atoms. The monoisotopic (exact) mass is 182 g/mol. The lowest BCUT2D eigenvalue weighted by molar-refractivity contribution is -0.116. The Morgan fingerprint density at radius 1 is 1.85 bits per heavy atom. The Morgan fingerprint density at radius 2 is 2.62 bits per heavy atom. The number of hydrogen-bond donors (Lipinski definition) is 3. The lowest BCUT2D eigenvalue weighted by atomic mass is 10.1. The van der Waals surface area contributed by atoms with Gasteiger partial charge >= 0.3 is 0 Å². The third kappa shape index (κ3) is 3.25. The van der Waals surface area contributed by atoms with Crippen molar-refractivity contribution < 1.29 is 4.79 Å². The Labute approximate surface area is 76.7 Å². The summed E-state index contributed by atoms with van der Waals surface area (Å²) in [6.45, 7) is 1.95. The summed E-state index contributed by atoms with van der Waals surface area (Å²) in [7, 11) is 0. The highest BCUT2D eigenvalue weighted by atomic mass is 16.1.